The van der Waals surface area contributed by atoms with Crippen LogP contribution in [0, 0.1) is 0 Å². The van der Waals surface area contributed by atoms with Crippen LogP contribution in [0.3, 0.4) is 0 Å². The van der Waals surface area contributed by atoms with E-state index in [9.17, 15) is 4.79 Å². The number of carbonyl (C=O) groups is 1. The highest BCUT2D eigenvalue weighted by Gasteiger charge is 2.11. The Balaban J connectivity index is 2.19. The maximum absolute atomic E-state index is 11.0. The number of anilines is 1. The monoisotopic (exact) mass is 206 g/mol. The molecule has 1 fully saturated rings. The highest BCUT2D eigenvalue weighted by atomic mass is 16.1. The van der Waals surface area contributed by atoms with E-state index >= 15 is 0 Å². The van der Waals surface area contributed by atoms with Crippen LogP contribution in [0.2, 0.25) is 0 Å². The number of nitrogens with zero attached hydrogens (tertiary/aromatic N) is 2. The molecular weight excluding hydrogens is 192 g/mol. The Labute approximate surface area is 88.3 Å². The summed E-state index contributed by atoms with van der Waals surface area (Å²) in [6, 6.07) is 3.64. The Morgan fingerprint density at radius 3 is 2.87 bits per heavy atom. The van der Waals surface area contributed by atoms with Gasteiger partial charge in [-0.1, -0.05) is 0 Å². The Morgan fingerprint density at radius 1 is 1.47 bits per heavy atom. The van der Waals surface area contributed by atoms with Crippen LogP contribution in [0.4, 0.5) is 5.69 Å². The van der Waals surface area contributed by atoms with E-state index in [1.54, 1.807) is 12.3 Å². The average molecular weight is 206 g/mol. The van der Waals surface area contributed by atoms with Crippen molar-refractivity contribution in [1.29, 1.82) is 0 Å². The minimum absolute atomic E-state index is 0.325. The second kappa shape index (κ2) is 4.27. The van der Waals surface area contributed by atoms with E-state index < -0.39 is 5.91 Å². The molecule has 0 spiro atoms. The zero-order valence-corrected chi connectivity index (χ0v) is 8.44. The van der Waals surface area contributed by atoms with Crippen LogP contribution in [0.5, 0.6) is 0 Å². The first-order valence-electron chi connectivity index (χ1n) is 4.99. The van der Waals surface area contributed by atoms with Crippen LogP contribution in [0.1, 0.15) is 10.5 Å². The van der Waals surface area contributed by atoms with Gasteiger partial charge in [0.1, 0.15) is 5.69 Å². The second-order valence-electron chi connectivity index (χ2n) is 3.50. The largest absolute Gasteiger partial charge is 0.369 e. The molecule has 1 aliphatic heterocycles. The Kier molecular flexibility index (Phi) is 2.82. The Morgan fingerprint density at radius 2 is 2.20 bits per heavy atom. The predicted octanol–water partition coefficient (Wildman–Crippen LogP) is -0.410. The van der Waals surface area contributed by atoms with Crippen molar-refractivity contribution >= 4 is 11.6 Å². The van der Waals surface area contributed by atoms with Crippen molar-refractivity contribution in [2.45, 2.75) is 0 Å². The molecular formula is C10H14N4O. The van der Waals surface area contributed by atoms with Gasteiger partial charge in [-0.15, -0.1) is 0 Å². The standard InChI is InChI=1S/C10H14N4O/c11-10(15)9-7-8(1-2-13-9)14-5-3-12-4-6-14/h1-2,7,12H,3-6H2,(H2,11,15). The van der Waals surface area contributed by atoms with E-state index in [0.717, 1.165) is 31.9 Å². The summed E-state index contributed by atoms with van der Waals surface area (Å²) in [7, 11) is 0. The molecule has 2 rings (SSSR count). The van der Waals surface area contributed by atoms with Gasteiger partial charge < -0.3 is 16.0 Å². The maximum Gasteiger partial charge on any atom is 0.267 e. The minimum atomic E-state index is -0.480. The molecule has 0 aromatic carbocycles. The van der Waals surface area contributed by atoms with Gasteiger partial charge in [-0.05, 0) is 12.1 Å². The summed E-state index contributed by atoms with van der Waals surface area (Å²) < 4.78 is 0. The molecule has 1 aromatic heterocycles. The highest BCUT2D eigenvalue weighted by molar-refractivity contribution is 5.91. The lowest BCUT2D eigenvalue weighted by Gasteiger charge is -2.29. The van der Waals surface area contributed by atoms with Crippen molar-refractivity contribution in [3.8, 4) is 0 Å². The molecule has 0 unspecified atom stereocenters. The summed E-state index contributed by atoms with van der Waals surface area (Å²) in [6.07, 6.45) is 1.62. The fourth-order valence-electron chi connectivity index (χ4n) is 1.67. The highest BCUT2D eigenvalue weighted by Crippen LogP contribution is 2.14. The van der Waals surface area contributed by atoms with Crippen molar-refractivity contribution in [3.63, 3.8) is 0 Å². The zero-order valence-electron chi connectivity index (χ0n) is 8.44. The number of pyridine rings is 1. The molecule has 5 nitrogen and oxygen atoms in total. The number of amides is 1. The van der Waals surface area contributed by atoms with Crippen LogP contribution >= 0.6 is 0 Å². The SMILES string of the molecule is NC(=O)c1cc(N2CCNCC2)ccn1. The molecule has 3 N–H and O–H groups in total. The first kappa shape index (κ1) is 9.92. The molecule has 5 heteroatoms. The third-order valence-electron chi connectivity index (χ3n) is 2.48. The molecule has 1 aromatic rings. The van der Waals surface area contributed by atoms with E-state index in [4.69, 9.17) is 5.73 Å². The molecule has 0 radical (unpaired) electrons. The molecule has 80 valence electrons. The van der Waals surface area contributed by atoms with Crippen molar-refractivity contribution < 1.29 is 4.79 Å². The molecule has 1 saturated heterocycles. The number of rotatable bonds is 2. The minimum Gasteiger partial charge on any atom is -0.369 e. The molecule has 0 atom stereocenters. The quantitative estimate of drug-likeness (QED) is 0.690. The third kappa shape index (κ3) is 2.24. The number of nitrogens with one attached hydrogen (secondary N) is 1. The molecule has 0 bridgehead atoms. The van der Waals surface area contributed by atoms with Crippen molar-refractivity contribution in [1.82, 2.24) is 10.3 Å². The normalized spacial score (nSPS) is 16.4. The topological polar surface area (TPSA) is 71.2 Å². The van der Waals surface area contributed by atoms with Gasteiger partial charge in [-0.3, -0.25) is 9.78 Å². The van der Waals surface area contributed by atoms with Crippen LogP contribution in [0.25, 0.3) is 0 Å². The lowest BCUT2D eigenvalue weighted by atomic mass is 10.2. The fraction of sp³-hybridized carbons (Fsp3) is 0.400. The number of aromatic nitrogens is 1. The van der Waals surface area contributed by atoms with Gasteiger partial charge in [0, 0.05) is 38.1 Å². The van der Waals surface area contributed by atoms with E-state index in [0.29, 0.717) is 5.69 Å². The Bertz CT molecular complexity index is 360. The van der Waals surface area contributed by atoms with Gasteiger partial charge in [0.2, 0.25) is 0 Å². The lowest BCUT2D eigenvalue weighted by molar-refractivity contribution is 0.0995. The molecule has 1 aliphatic rings. The average Bonchev–Trinajstić information content (AvgIpc) is 2.30. The van der Waals surface area contributed by atoms with Gasteiger partial charge in [-0.25, -0.2) is 0 Å². The van der Waals surface area contributed by atoms with Gasteiger partial charge in [0.15, 0.2) is 0 Å². The van der Waals surface area contributed by atoms with Crippen molar-refractivity contribution in [2.24, 2.45) is 5.73 Å². The first-order chi connectivity index (χ1) is 7.27. The summed E-state index contributed by atoms with van der Waals surface area (Å²) in [5.41, 5.74) is 6.52. The van der Waals surface area contributed by atoms with Crippen molar-refractivity contribution in [3.05, 3.63) is 24.0 Å². The summed E-state index contributed by atoms with van der Waals surface area (Å²) in [5.74, 6) is -0.480. The van der Waals surface area contributed by atoms with Crippen LogP contribution in [-0.4, -0.2) is 37.1 Å². The molecule has 1 amide bonds. The van der Waals surface area contributed by atoms with E-state index in [1.165, 1.54) is 0 Å². The summed E-state index contributed by atoms with van der Waals surface area (Å²) in [6.45, 7) is 3.83. The summed E-state index contributed by atoms with van der Waals surface area (Å²) in [5, 5.41) is 3.27. The fourth-order valence-corrected chi connectivity index (χ4v) is 1.67. The van der Waals surface area contributed by atoms with Crippen molar-refractivity contribution in [2.75, 3.05) is 31.1 Å². The molecule has 15 heavy (non-hydrogen) atoms. The zero-order chi connectivity index (χ0) is 10.7. The number of hydrogen-bond acceptors (Lipinski definition) is 4. The van der Waals surface area contributed by atoms with Crippen LogP contribution in [0.15, 0.2) is 18.3 Å². The lowest BCUT2D eigenvalue weighted by Crippen LogP contribution is -2.43. The second-order valence-corrected chi connectivity index (χ2v) is 3.50. The number of carbonyl (C=O) groups excluding carboxylic acids is 1. The van der Waals surface area contributed by atoms with Crippen LogP contribution in [-0.2, 0) is 0 Å². The number of nitrogens with two attached hydrogens (primary N) is 1. The summed E-state index contributed by atoms with van der Waals surface area (Å²) >= 11 is 0. The molecule has 0 aliphatic carbocycles. The van der Waals surface area contributed by atoms with Gasteiger partial charge in [-0.2, -0.15) is 0 Å². The maximum atomic E-state index is 11.0. The van der Waals surface area contributed by atoms with E-state index in [-0.39, 0.29) is 0 Å². The molecule has 0 saturated carbocycles. The van der Waals surface area contributed by atoms with Gasteiger partial charge in [0.05, 0.1) is 0 Å². The summed E-state index contributed by atoms with van der Waals surface area (Å²) in [4.78, 5) is 17.1. The van der Waals surface area contributed by atoms with Gasteiger partial charge in [0.25, 0.3) is 5.91 Å². The molecule has 2 heterocycles. The third-order valence-corrected chi connectivity index (χ3v) is 2.48. The number of hydrogen-bond donors (Lipinski definition) is 2. The number of primary amides is 1. The van der Waals surface area contributed by atoms with Crippen LogP contribution < -0.4 is 16.0 Å². The van der Waals surface area contributed by atoms with E-state index in [1.807, 2.05) is 6.07 Å². The van der Waals surface area contributed by atoms with E-state index in [2.05, 4.69) is 15.2 Å². The predicted molar refractivity (Wildman–Crippen MR) is 57.8 cm³/mol. The number of piperazine rings is 1. The smallest absolute Gasteiger partial charge is 0.267 e. The Hall–Kier alpha value is -1.62. The first-order valence-corrected chi connectivity index (χ1v) is 4.99. The van der Waals surface area contributed by atoms with Gasteiger partial charge >= 0.3 is 0 Å².